The Labute approximate surface area is 174 Å². The van der Waals surface area contributed by atoms with Gasteiger partial charge in [-0.3, -0.25) is 18.5 Å². The number of nitrogens with two attached hydrogens (primary N) is 1. The number of benzene rings is 1. The van der Waals surface area contributed by atoms with Crippen molar-refractivity contribution in [3.63, 3.8) is 0 Å². The number of anilines is 1. The van der Waals surface area contributed by atoms with Crippen LogP contribution in [0.2, 0.25) is 0 Å². The van der Waals surface area contributed by atoms with E-state index in [1.807, 2.05) is 34.9 Å². The van der Waals surface area contributed by atoms with Gasteiger partial charge < -0.3 is 10.6 Å². The van der Waals surface area contributed by atoms with Gasteiger partial charge in [-0.25, -0.2) is 4.79 Å². The van der Waals surface area contributed by atoms with Gasteiger partial charge in [0, 0.05) is 26.2 Å². The van der Waals surface area contributed by atoms with Gasteiger partial charge in [0.05, 0.1) is 13.1 Å². The van der Waals surface area contributed by atoms with Crippen molar-refractivity contribution in [1.29, 1.82) is 0 Å². The van der Waals surface area contributed by atoms with Crippen LogP contribution in [-0.2, 0) is 20.1 Å². The van der Waals surface area contributed by atoms with Crippen LogP contribution in [-0.4, -0.2) is 37.8 Å². The minimum Gasteiger partial charge on any atom is -0.341 e. The van der Waals surface area contributed by atoms with Crippen LogP contribution >= 0.6 is 0 Å². The summed E-state index contributed by atoms with van der Waals surface area (Å²) in [5.74, 6) is 6.58. The van der Waals surface area contributed by atoms with Crippen molar-refractivity contribution in [3.05, 3.63) is 56.7 Å². The van der Waals surface area contributed by atoms with Crippen LogP contribution in [0.15, 0.2) is 39.9 Å². The maximum absolute atomic E-state index is 13.4. The number of rotatable bonds is 4. The number of imidazole rings is 1. The quantitative estimate of drug-likeness (QED) is 0.650. The molecule has 0 saturated carbocycles. The summed E-state index contributed by atoms with van der Waals surface area (Å²) >= 11 is 0. The third-order valence-corrected chi connectivity index (χ3v) is 5.55. The van der Waals surface area contributed by atoms with E-state index in [0.29, 0.717) is 30.2 Å². The minimum absolute atomic E-state index is 0.0582. The summed E-state index contributed by atoms with van der Waals surface area (Å²) in [6, 6.07) is 9.54. The third-order valence-electron chi connectivity index (χ3n) is 5.55. The fraction of sp³-hybridized carbons (Fsp3) is 0.409. The lowest BCUT2D eigenvalue weighted by atomic mass is 10.1. The number of fused-ring (bicyclic) bond motifs is 1. The molecule has 8 nitrogen and oxygen atoms in total. The second-order valence-corrected chi connectivity index (χ2v) is 7.66. The lowest BCUT2D eigenvalue weighted by Crippen LogP contribution is -2.44. The van der Waals surface area contributed by atoms with Crippen molar-refractivity contribution in [3.8, 4) is 11.8 Å². The smallest absolute Gasteiger partial charge is 0.332 e. The van der Waals surface area contributed by atoms with Crippen LogP contribution in [0.1, 0.15) is 25.3 Å². The van der Waals surface area contributed by atoms with E-state index in [0.717, 1.165) is 24.9 Å². The molecule has 1 saturated heterocycles. The van der Waals surface area contributed by atoms with Crippen LogP contribution in [0.4, 0.5) is 5.95 Å². The van der Waals surface area contributed by atoms with Gasteiger partial charge in [0.15, 0.2) is 11.2 Å². The molecule has 2 aromatic heterocycles. The number of nitrogens with zero attached hydrogens (tertiary/aromatic N) is 5. The fourth-order valence-corrected chi connectivity index (χ4v) is 4.01. The molecule has 1 fully saturated rings. The third kappa shape index (κ3) is 3.53. The first-order valence-electron chi connectivity index (χ1n) is 10.2. The van der Waals surface area contributed by atoms with E-state index in [9.17, 15) is 9.59 Å². The first-order chi connectivity index (χ1) is 14.5. The Balaban J connectivity index is 1.93. The van der Waals surface area contributed by atoms with Crippen molar-refractivity contribution < 1.29 is 0 Å². The molecule has 3 aromatic rings. The van der Waals surface area contributed by atoms with Crippen molar-refractivity contribution in [2.24, 2.45) is 12.8 Å². The zero-order chi connectivity index (χ0) is 21.3. The number of hydrogen-bond donors (Lipinski definition) is 1. The van der Waals surface area contributed by atoms with Gasteiger partial charge in [-0.15, -0.1) is 5.92 Å². The normalized spacial score (nSPS) is 16.5. The molecule has 30 heavy (non-hydrogen) atoms. The highest BCUT2D eigenvalue weighted by atomic mass is 16.2. The topological polar surface area (TPSA) is 91.1 Å². The Bertz CT molecular complexity index is 1240. The number of aromatic nitrogens is 4. The predicted octanol–water partition coefficient (Wildman–Crippen LogP) is 0.896. The molecule has 3 heterocycles. The SMILES string of the molecule is CC#CCn1c(N2CCCC(N)C2)nc2c1c(=O)n(Cc1ccccc1)c(=O)n2C. The molecular formula is C22H26N6O2. The summed E-state index contributed by atoms with van der Waals surface area (Å²) in [5, 5.41) is 0. The van der Waals surface area contributed by atoms with Crippen molar-refractivity contribution >= 4 is 17.1 Å². The molecule has 1 aliphatic rings. The monoisotopic (exact) mass is 406 g/mol. The molecule has 2 N–H and O–H groups in total. The molecule has 0 amide bonds. The number of hydrogen-bond acceptors (Lipinski definition) is 5. The van der Waals surface area contributed by atoms with E-state index < -0.39 is 0 Å². The van der Waals surface area contributed by atoms with Crippen LogP contribution < -0.4 is 21.9 Å². The summed E-state index contributed by atoms with van der Waals surface area (Å²) < 4.78 is 4.54. The fourth-order valence-electron chi connectivity index (χ4n) is 4.01. The van der Waals surface area contributed by atoms with Crippen molar-refractivity contribution in [1.82, 2.24) is 18.7 Å². The Kier molecular flexibility index (Phi) is 5.46. The lowest BCUT2D eigenvalue weighted by molar-refractivity contribution is 0.496. The highest BCUT2D eigenvalue weighted by Gasteiger charge is 2.26. The van der Waals surface area contributed by atoms with Crippen LogP contribution in [0, 0.1) is 11.8 Å². The van der Waals surface area contributed by atoms with Crippen molar-refractivity contribution in [2.75, 3.05) is 18.0 Å². The van der Waals surface area contributed by atoms with Gasteiger partial charge in [0.25, 0.3) is 5.56 Å². The Morgan fingerprint density at radius 1 is 1.20 bits per heavy atom. The molecule has 1 aromatic carbocycles. The lowest BCUT2D eigenvalue weighted by Gasteiger charge is -2.31. The van der Waals surface area contributed by atoms with Crippen LogP contribution in [0.25, 0.3) is 11.2 Å². The maximum atomic E-state index is 13.4. The summed E-state index contributed by atoms with van der Waals surface area (Å²) in [7, 11) is 1.65. The Morgan fingerprint density at radius 3 is 2.67 bits per heavy atom. The maximum Gasteiger partial charge on any atom is 0.332 e. The zero-order valence-electron chi connectivity index (χ0n) is 17.3. The van der Waals surface area contributed by atoms with Crippen molar-refractivity contribution in [2.45, 2.75) is 38.9 Å². The summed E-state index contributed by atoms with van der Waals surface area (Å²) in [6.07, 6.45) is 1.93. The molecule has 0 aliphatic carbocycles. The van der Waals surface area contributed by atoms with Gasteiger partial charge in [-0.05, 0) is 25.3 Å². The van der Waals surface area contributed by atoms with E-state index in [-0.39, 0.29) is 23.8 Å². The van der Waals surface area contributed by atoms with Crippen LogP contribution in [0.5, 0.6) is 0 Å². The van der Waals surface area contributed by atoms with E-state index in [2.05, 4.69) is 16.7 Å². The van der Waals surface area contributed by atoms with Gasteiger partial charge in [0.2, 0.25) is 5.95 Å². The summed E-state index contributed by atoms with van der Waals surface area (Å²) in [5.41, 5.74) is 7.09. The molecule has 4 rings (SSSR count). The summed E-state index contributed by atoms with van der Waals surface area (Å²) in [6.45, 7) is 3.76. The largest absolute Gasteiger partial charge is 0.341 e. The zero-order valence-corrected chi connectivity index (χ0v) is 17.3. The van der Waals surface area contributed by atoms with E-state index >= 15 is 0 Å². The molecule has 1 atom stereocenters. The molecule has 0 radical (unpaired) electrons. The first kappa shape index (κ1) is 20.0. The molecule has 0 spiro atoms. The highest BCUT2D eigenvalue weighted by Crippen LogP contribution is 2.22. The average Bonchev–Trinajstić information content (AvgIpc) is 3.14. The standard InChI is InChI=1S/C22H26N6O2/c1-3-4-13-27-18-19(24-21(27)26-12-8-11-17(23)15-26)25(2)22(30)28(20(18)29)14-16-9-6-5-7-10-16/h5-7,9-10,17H,8,11-15,23H2,1-2H3. The Morgan fingerprint density at radius 2 is 1.97 bits per heavy atom. The second kappa shape index (κ2) is 8.20. The summed E-state index contributed by atoms with van der Waals surface area (Å²) in [4.78, 5) is 33.2. The molecular weight excluding hydrogens is 380 g/mol. The van der Waals surface area contributed by atoms with E-state index in [1.54, 1.807) is 14.0 Å². The van der Waals surface area contributed by atoms with Gasteiger partial charge in [-0.1, -0.05) is 36.3 Å². The molecule has 1 aliphatic heterocycles. The first-order valence-corrected chi connectivity index (χ1v) is 10.2. The second-order valence-electron chi connectivity index (χ2n) is 7.66. The van der Waals surface area contributed by atoms with Gasteiger partial charge >= 0.3 is 5.69 Å². The van der Waals surface area contributed by atoms with E-state index in [1.165, 1.54) is 9.13 Å². The molecule has 8 heteroatoms. The van der Waals surface area contributed by atoms with Gasteiger partial charge in [-0.2, -0.15) is 4.98 Å². The van der Waals surface area contributed by atoms with Crippen LogP contribution in [0.3, 0.4) is 0 Å². The Hall–Kier alpha value is -3.31. The molecule has 156 valence electrons. The highest BCUT2D eigenvalue weighted by molar-refractivity contribution is 5.75. The predicted molar refractivity (Wildman–Crippen MR) is 118 cm³/mol. The average molecular weight is 406 g/mol. The minimum atomic E-state index is -0.385. The number of piperidine rings is 1. The van der Waals surface area contributed by atoms with E-state index in [4.69, 9.17) is 10.7 Å². The van der Waals surface area contributed by atoms with Gasteiger partial charge in [0.1, 0.15) is 0 Å². The number of aryl methyl sites for hydroxylation is 1. The molecule has 1 unspecified atom stereocenters. The molecule has 0 bridgehead atoms.